The van der Waals surface area contributed by atoms with Gasteiger partial charge in [0.15, 0.2) is 0 Å². The first-order chi connectivity index (χ1) is 13.3. The third-order valence-corrected chi connectivity index (χ3v) is 6.41. The molecule has 0 atom stereocenters. The van der Waals surface area contributed by atoms with E-state index in [-0.39, 0.29) is 11.4 Å². The highest BCUT2D eigenvalue weighted by atomic mass is 32.1. The fourth-order valence-electron chi connectivity index (χ4n) is 3.96. The summed E-state index contributed by atoms with van der Waals surface area (Å²) in [6.07, 6.45) is 10.6. The Labute approximate surface area is 163 Å². The Morgan fingerprint density at radius 1 is 1.22 bits per heavy atom. The van der Waals surface area contributed by atoms with Crippen LogP contribution < -0.4 is 5.32 Å². The second-order valence-electron chi connectivity index (χ2n) is 7.20. The van der Waals surface area contributed by atoms with E-state index in [9.17, 15) is 4.79 Å². The van der Waals surface area contributed by atoms with Crippen molar-refractivity contribution in [3.05, 3.63) is 29.7 Å². The molecule has 4 heterocycles. The van der Waals surface area contributed by atoms with Crippen LogP contribution in [0, 0.1) is 0 Å². The first-order valence-electron chi connectivity index (χ1n) is 9.60. The Morgan fingerprint density at radius 2 is 2.04 bits per heavy atom. The van der Waals surface area contributed by atoms with E-state index >= 15 is 0 Å². The number of hydrogen-bond acceptors (Lipinski definition) is 7. The third-order valence-electron chi connectivity index (χ3n) is 5.55. The lowest BCUT2D eigenvalue weighted by molar-refractivity contribution is -0.0349. The van der Waals surface area contributed by atoms with Crippen molar-refractivity contribution in [2.24, 2.45) is 0 Å². The molecule has 0 unspecified atom stereocenters. The first-order valence-corrected chi connectivity index (χ1v) is 10.5. The molecular formula is C19H25N5O2S. The van der Waals surface area contributed by atoms with Crippen molar-refractivity contribution in [1.82, 2.24) is 25.2 Å². The number of hydrogen-bond donors (Lipinski definition) is 1. The van der Waals surface area contributed by atoms with Gasteiger partial charge in [-0.2, -0.15) is 0 Å². The van der Waals surface area contributed by atoms with Crippen molar-refractivity contribution in [3.8, 4) is 10.7 Å². The van der Waals surface area contributed by atoms with E-state index in [2.05, 4.69) is 25.2 Å². The van der Waals surface area contributed by atoms with Crippen molar-refractivity contribution < 1.29 is 9.53 Å². The summed E-state index contributed by atoms with van der Waals surface area (Å²) in [6.45, 7) is 4.40. The number of likely N-dealkylation sites (tertiary alicyclic amines) is 1. The van der Waals surface area contributed by atoms with Gasteiger partial charge in [-0.15, -0.1) is 11.3 Å². The molecule has 0 saturated carbocycles. The summed E-state index contributed by atoms with van der Waals surface area (Å²) >= 11 is 1.41. The molecule has 0 bridgehead atoms. The predicted octanol–water partition coefficient (Wildman–Crippen LogP) is 2.36. The Bertz CT molecular complexity index is 754. The van der Waals surface area contributed by atoms with Gasteiger partial charge in [0.2, 0.25) is 0 Å². The SMILES string of the molecule is O=C(NCC1(N2CCCCC2)CCOCC1)c1csc(-c2cnccn2)n1. The maximum Gasteiger partial charge on any atom is 0.270 e. The quantitative estimate of drug-likeness (QED) is 0.848. The smallest absolute Gasteiger partial charge is 0.270 e. The van der Waals surface area contributed by atoms with E-state index in [0.29, 0.717) is 22.9 Å². The molecule has 0 spiro atoms. The largest absolute Gasteiger partial charge is 0.381 e. The van der Waals surface area contributed by atoms with Crippen molar-refractivity contribution in [3.63, 3.8) is 0 Å². The second-order valence-corrected chi connectivity index (χ2v) is 8.05. The maximum absolute atomic E-state index is 12.7. The zero-order valence-electron chi connectivity index (χ0n) is 15.4. The summed E-state index contributed by atoms with van der Waals surface area (Å²) in [4.78, 5) is 28.0. The Hall–Kier alpha value is -1.90. The van der Waals surface area contributed by atoms with Gasteiger partial charge in [-0.1, -0.05) is 6.42 Å². The molecule has 144 valence electrons. The van der Waals surface area contributed by atoms with Crippen LogP contribution in [0.2, 0.25) is 0 Å². The molecule has 2 aromatic heterocycles. The first kappa shape index (κ1) is 18.5. The number of thiazole rings is 1. The molecule has 2 aliphatic heterocycles. The normalized spacial score (nSPS) is 20.3. The topological polar surface area (TPSA) is 80.2 Å². The third kappa shape index (κ3) is 4.17. The van der Waals surface area contributed by atoms with Crippen molar-refractivity contribution in [2.75, 3.05) is 32.8 Å². The van der Waals surface area contributed by atoms with Crippen molar-refractivity contribution in [2.45, 2.75) is 37.6 Å². The molecule has 2 fully saturated rings. The maximum atomic E-state index is 12.7. The molecule has 2 aromatic rings. The molecule has 0 aromatic carbocycles. The number of nitrogens with zero attached hydrogens (tertiary/aromatic N) is 4. The van der Waals surface area contributed by atoms with Crippen LogP contribution in [0.3, 0.4) is 0 Å². The standard InChI is InChI=1S/C19H25N5O2S/c25-17(16-13-27-18(23-16)15-12-20-6-7-21-15)22-14-19(4-10-26-11-5-19)24-8-2-1-3-9-24/h6-7,12-13H,1-5,8-11,14H2,(H,22,25). The summed E-state index contributed by atoms with van der Waals surface area (Å²) in [5, 5.41) is 5.65. The van der Waals surface area contributed by atoms with E-state index in [1.54, 1.807) is 24.0 Å². The summed E-state index contributed by atoms with van der Waals surface area (Å²) < 4.78 is 5.60. The number of amides is 1. The second kappa shape index (κ2) is 8.41. The van der Waals surface area contributed by atoms with Gasteiger partial charge in [-0.3, -0.25) is 19.7 Å². The van der Waals surface area contributed by atoms with Gasteiger partial charge in [0.05, 0.1) is 6.20 Å². The lowest BCUT2D eigenvalue weighted by Crippen LogP contribution is -2.59. The van der Waals surface area contributed by atoms with Gasteiger partial charge in [0.25, 0.3) is 5.91 Å². The van der Waals surface area contributed by atoms with E-state index in [1.165, 1.54) is 30.6 Å². The molecule has 2 saturated heterocycles. The molecule has 7 nitrogen and oxygen atoms in total. The van der Waals surface area contributed by atoms with Gasteiger partial charge in [0.1, 0.15) is 16.4 Å². The van der Waals surface area contributed by atoms with Gasteiger partial charge in [0, 0.05) is 43.1 Å². The van der Waals surface area contributed by atoms with Crippen LogP contribution in [-0.2, 0) is 4.74 Å². The van der Waals surface area contributed by atoms with Crippen LogP contribution in [0.1, 0.15) is 42.6 Å². The van der Waals surface area contributed by atoms with Gasteiger partial charge in [-0.05, 0) is 38.8 Å². The molecule has 2 aliphatic rings. The minimum Gasteiger partial charge on any atom is -0.381 e. The number of carbonyl (C=O) groups excluding carboxylic acids is 1. The zero-order chi connectivity index (χ0) is 18.5. The average molecular weight is 388 g/mol. The van der Waals surface area contributed by atoms with E-state index in [0.717, 1.165) is 39.1 Å². The average Bonchev–Trinajstić information content (AvgIpc) is 3.24. The zero-order valence-corrected chi connectivity index (χ0v) is 16.2. The van der Waals surface area contributed by atoms with E-state index in [1.807, 2.05) is 0 Å². The number of nitrogens with one attached hydrogen (secondary N) is 1. The number of ether oxygens (including phenoxy) is 1. The fourth-order valence-corrected chi connectivity index (χ4v) is 4.73. The molecular weight excluding hydrogens is 362 g/mol. The highest BCUT2D eigenvalue weighted by molar-refractivity contribution is 7.13. The van der Waals surface area contributed by atoms with Crippen LogP contribution in [0.5, 0.6) is 0 Å². The van der Waals surface area contributed by atoms with Crippen LogP contribution in [0.25, 0.3) is 10.7 Å². The number of carbonyl (C=O) groups is 1. The minimum absolute atomic E-state index is 0.0120. The molecule has 27 heavy (non-hydrogen) atoms. The fraction of sp³-hybridized carbons (Fsp3) is 0.579. The molecule has 1 N–H and O–H groups in total. The van der Waals surface area contributed by atoms with Crippen molar-refractivity contribution in [1.29, 1.82) is 0 Å². The lowest BCUT2D eigenvalue weighted by atomic mass is 9.86. The van der Waals surface area contributed by atoms with E-state index < -0.39 is 0 Å². The Balaban J connectivity index is 1.43. The molecule has 0 radical (unpaired) electrons. The number of rotatable bonds is 5. The van der Waals surface area contributed by atoms with Crippen molar-refractivity contribution >= 4 is 17.2 Å². The highest BCUT2D eigenvalue weighted by Crippen LogP contribution is 2.30. The number of aromatic nitrogens is 3. The van der Waals surface area contributed by atoms with Gasteiger partial charge >= 0.3 is 0 Å². The summed E-state index contributed by atoms with van der Waals surface area (Å²) in [5.41, 5.74) is 1.15. The molecule has 8 heteroatoms. The van der Waals surface area contributed by atoms with E-state index in [4.69, 9.17) is 4.74 Å². The predicted molar refractivity (Wildman–Crippen MR) is 104 cm³/mol. The lowest BCUT2D eigenvalue weighted by Gasteiger charge is -2.48. The van der Waals surface area contributed by atoms with Crippen LogP contribution in [0.4, 0.5) is 0 Å². The monoisotopic (exact) mass is 387 g/mol. The Morgan fingerprint density at radius 3 is 2.78 bits per heavy atom. The highest BCUT2D eigenvalue weighted by Gasteiger charge is 2.39. The van der Waals surface area contributed by atoms with Gasteiger partial charge in [-0.25, -0.2) is 4.98 Å². The summed E-state index contributed by atoms with van der Waals surface area (Å²) in [5.74, 6) is -0.121. The molecule has 1 amide bonds. The Kier molecular flexibility index (Phi) is 5.75. The molecule has 0 aliphatic carbocycles. The molecule has 4 rings (SSSR count). The number of piperidine rings is 1. The van der Waals surface area contributed by atoms with Gasteiger partial charge < -0.3 is 10.1 Å². The van der Waals surface area contributed by atoms with Crippen LogP contribution in [-0.4, -0.2) is 64.1 Å². The van der Waals surface area contributed by atoms with Crippen LogP contribution in [0.15, 0.2) is 24.0 Å². The summed E-state index contributed by atoms with van der Waals surface area (Å²) in [7, 11) is 0. The van der Waals surface area contributed by atoms with Crippen LogP contribution >= 0.6 is 11.3 Å². The summed E-state index contributed by atoms with van der Waals surface area (Å²) in [6, 6.07) is 0. The minimum atomic E-state index is -0.121.